The maximum absolute atomic E-state index is 12.5. The second-order valence-corrected chi connectivity index (χ2v) is 6.18. The first kappa shape index (κ1) is 15.8. The molecule has 1 aromatic rings. The Morgan fingerprint density at radius 3 is 2.43 bits per heavy atom. The van der Waals surface area contributed by atoms with E-state index in [1.165, 1.54) is 0 Å². The third kappa shape index (κ3) is 3.17. The summed E-state index contributed by atoms with van der Waals surface area (Å²) in [7, 11) is 0. The van der Waals surface area contributed by atoms with E-state index in [2.05, 4.69) is 17.1 Å². The van der Waals surface area contributed by atoms with Crippen LogP contribution in [-0.4, -0.2) is 59.6 Å². The number of rotatable bonds is 3. The van der Waals surface area contributed by atoms with Crippen molar-refractivity contribution in [3.63, 3.8) is 0 Å². The standard InChI is InChI=1S/C17H23N3O3/c1-2-19-7-9-20(10-8-19)17(23)18-15-11-14(16(21)22)12-5-3-4-6-13(12)15/h3-6,14-15H,2,7-11H2,1H3,(H,18,23)(H,21,22). The van der Waals surface area contributed by atoms with Crippen molar-refractivity contribution in [1.82, 2.24) is 15.1 Å². The molecule has 3 rings (SSSR count). The molecular formula is C17H23N3O3. The Morgan fingerprint density at radius 2 is 1.83 bits per heavy atom. The number of nitrogens with one attached hydrogen (secondary N) is 1. The molecule has 1 aliphatic carbocycles. The highest BCUT2D eigenvalue weighted by Crippen LogP contribution is 2.40. The number of amides is 2. The van der Waals surface area contributed by atoms with Crippen molar-refractivity contribution >= 4 is 12.0 Å². The van der Waals surface area contributed by atoms with Gasteiger partial charge in [0.15, 0.2) is 0 Å². The molecule has 2 atom stereocenters. The number of carboxylic acids is 1. The minimum absolute atomic E-state index is 0.0911. The smallest absolute Gasteiger partial charge is 0.317 e. The molecule has 1 saturated heterocycles. The van der Waals surface area contributed by atoms with Gasteiger partial charge in [-0.15, -0.1) is 0 Å². The zero-order valence-electron chi connectivity index (χ0n) is 13.4. The molecule has 2 unspecified atom stereocenters. The van der Waals surface area contributed by atoms with Gasteiger partial charge in [0.1, 0.15) is 0 Å². The topological polar surface area (TPSA) is 72.9 Å². The van der Waals surface area contributed by atoms with E-state index in [4.69, 9.17) is 0 Å². The molecule has 0 spiro atoms. The maximum atomic E-state index is 12.5. The first-order chi connectivity index (χ1) is 11.1. The number of piperazine rings is 1. The van der Waals surface area contributed by atoms with Crippen LogP contribution in [0.2, 0.25) is 0 Å². The SMILES string of the molecule is CCN1CCN(C(=O)NC2CC(C(=O)O)c3ccccc32)CC1. The van der Waals surface area contributed by atoms with E-state index in [0.717, 1.165) is 43.9 Å². The Bertz CT molecular complexity index is 597. The summed E-state index contributed by atoms with van der Waals surface area (Å²) >= 11 is 0. The highest BCUT2D eigenvalue weighted by atomic mass is 16.4. The fourth-order valence-electron chi connectivity index (χ4n) is 3.51. The average molecular weight is 317 g/mol. The lowest BCUT2D eigenvalue weighted by Gasteiger charge is -2.34. The van der Waals surface area contributed by atoms with Gasteiger partial charge in [0.25, 0.3) is 0 Å². The Hall–Kier alpha value is -2.08. The number of carbonyl (C=O) groups excluding carboxylic acids is 1. The molecule has 0 radical (unpaired) electrons. The second kappa shape index (κ2) is 6.58. The molecule has 1 heterocycles. The molecule has 2 aliphatic rings. The molecular weight excluding hydrogens is 294 g/mol. The minimum atomic E-state index is -0.828. The van der Waals surface area contributed by atoms with E-state index in [1.54, 1.807) is 0 Å². The van der Waals surface area contributed by atoms with Gasteiger partial charge in [-0.2, -0.15) is 0 Å². The maximum Gasteiger partial charge on any atom is 0.317 e. The summed E-state index contributed by atoms with van der Waals surface area (Å²) in [6.45, 7) is 6.35. The lowest BCUT2D eigenvalue weighted by Crippen LogP contribution is -2.52. The first-order valence-corrected chi connectivity index (χ1v) is 8.19. The number of benzene rings is 1. The summed E-state index contributed by atoms with van der Waals surface area (Å²) in [6, 6.07) is 7.19. The highest BCUT2D eigenvalue weighted by Gasteiger charge is 2.36. The van der Waals surface area contributed by atoms with E-state index in [-0.39, 0.29) is 12.1 Å². The number of nitrogens with zero attached hydrogens (tertiary/aromatic N) is 2. The summed E-state index contributed by atoms with van der Waals surface area (Å²) < 4.78 is 0. The zero-order valence-corrected chi connectivity index (χ0v) is 13.4. The Morgan fingerprint density at radius 1 is 1.17 bits per heavy atom. The van der Waals surface area contributed by atoms with Crippen LogP contribution >= 0.6 is 0 Å². The van der Waals surface area contributed by atoms with Crippen molar-refractivity contribution in [2.45, 2.75) is 25.3 Å². The van der Waals surface area contributed by atoms with Crippen LogP contribution in [0.15, 0.2) is 24.3 Å². The second-order valence-electron chi connectivity index (χ2n) is 6.18. The van der Waals surface area contributed by atoms with Crippen molar-refractivity contribution in [1.29, 1.82) is 0 Å². The van der Waals surface area contributed by atoms with E-state index in [9.17, 15) is 14.7 Å². The molecule has 0 saturated carbocycles. The van der Waals surface area contributed by atoms with Crippen LogP contribution in [0.3, 0.4) is 0 Å². The molecule has 1 aliphatic heterocycles. The van der Waals surface area contributed by atoms with Crippen molar-refractivity contribution in [3.8, 4) is 0 Å². The number of urea groups is 1. The van der Waals surface area contributed by atoms with E-state index < -0.39 is 11.9 Å². The third-order valence-corrected chi connectivity index (χ3v) is 4.92. The van der Waals surface area contributed by atoms with Gasteiger partial charge in [-0.25, -0.2) is 4.79 Å². The van der Waals surface area contributed by atoms with Crippen molar-refractivity contribution in [2.75, 3.05) is 32.7 Å². The third-order valence-electron chi connectivity index (χ3n) is 4.92. The number of likely N-dealkylation sites (N-methyl/N-ethyl adjacent to an activating group) is 1. The summed E-state index contributed by atoms with van der Waals surface area (Å²) in [5, 5.41) is 12.4. The van der Waals surface area contributed by atoms with Crippen LogP contribution in [0, 0.1) is 0 Å². The summed E-state index contributed by atoms with van der Waals surface area (Å²) in [5.74, 6) is -1.36. The molecule has 6 heteroatoms. The van der Waals surface area contributed by atoms with Crippen LogP contribution in [0.5, 0.6) is 0 Å². The molecule has 124 valence electrons. The molecule has 0 bridgehead atoms. The van der Waals surface area contributed by atoms with Gasteiger partial charge < -0.3 is 20.2 Å². The van der Waals surface area contributed by atoms with Gasteiger partial charge in [-0.05, 0) is 24.1 Å². The quantitative estimate of drug-likeness (QED) is 0.889. The van der Waals surface area contributed by atoms with Crippen LogP contribution in [0.1, 0.15) is 36.4 Å². The number of carbonyl (C=O) groups is 2. The van der Waals surface area contributed by atoms with Gasteiger partial charge in [-0.3, -0.25) is 4.79 Å². The molecule has 1 aromatic carbocycles. The average Bonchev–Trinajstić information content (AvgIpc) is 2.94. The van der Waals surface area contributed by atoms with Gasteiger partial charge in [0.2, 0.25) is 0 Å². The number of hydrogen-bond acceptors (Lipinski definition) is 3. The number of hydrogen-bond donors (Lipinski definition) is 2. The molecule has 2 amide bonds. The molecule has 23 heavy (non-hydrogen) atoms. The fraction of sp³-hybridized carbons (Fsp3) is 0.529. The number of aliphatic carboxylic acids is 1. The molecule has 2 N–H and O–H groups in total. The predicted octanol–water partition coefficient (Wildman–Crippen LogP) is 1.65. The lowest BCUT2D eigenvalue weighted by atomic mass is 10.0. The minimum Gasteiger partial charge on any atom is -0.481 e. The largest absolute Gasteiger partial charge is 0.481 e. The summed E-state index contributed by atoms with van der Waals surface area (Å²) in [4.78, 5) is 28.1. The van der Waals surface area contributed by atoms with Gasteiger partial charge in [0, 0.05) is 26.2 Å². The van der Waals surface area contributed by atoms with E-state index in [1.807, 2.05) is 29.2 Å². The Balaban J connectivity index is 1.67. The van der Waals surface area contributed by atoms with Gasteiger partial charge in [0.05, 0.1) is 12.0 Å². The van der Waals surface area contributed by atoms with E-state index >= 15 is 0 Å². The highest BCUT2D eigenvalue weighted by molar-refractivity contribution is 5.80. The lowest BCUT2D eigenvalue weighted by molar-refractivity contribution is -0.138. The molecule has 6 nitrogen and oxygen atoms in total. The summed E-state index contributed by atoms with van der Waals surface area (Å²) in [5.41, 5.74) is 1.75. The summed E-state index contributed by atoms with van der Waals surface area (Å²) in [6.07, 6.45) is 0.426. The fourth-order valence-corrected chi connectivity index (χ4v) is 3.51. The van der Waals surface area contributed by atoms with Crippen LogP contribution in [-0.2, 0) is 4.79 Å². The number of carboxylic acid groups (broad SMARTS) is 1. The number of fused-ring (bicyclic) bond motifs is 1. The zero-order chi connectivity index (χ0) is 16.4. The Kier molecular flexibility index (Phi) is 4.52. The molecule has 0 aromatic heterocycles. The first-order valence-electron chi connectivity index (χ1n) is 8.19. The Labute approximate surface area is 136 Å². The molecule has 1 fully saturated rings. The van der Waals surface area contributed by atoms with Gasteiger partial charge >= 0.3 is 12.0 Å². The van der Waals surface area contributed by atoms with Crippen LogP contribution in [0.25, 0.3) is 0 Å². The monoisotopic (exact) mass is 317 g/mol. The van der Waals surface area contributed by atoms with Gasteiger partial charge in [-0.1, -0.05) is 31.2 Å². The van der Waals surface area contributed by atoms with Crippen molar-refractivity contribution < 1.29 is 14.7 Å². The van der Waals surface area contributed by atoms with Crippen molar-refractivity contribution in [3.05, 3.63) is 35.4 Å². The van der Waals surface area contributed by atoms with Crippen LogP contribution < -0.4 is 5.32 Å². The van der Waals surface area contributed by atoms with Crippen LogP contribution in [0.4, 0.5) is 4.79 Å². The van der Waals surface area contributed by atoms with Crippen molar-refractivity contribution in [2.24, 2.45) is 0 Å². The van der Waals surface area contributed by atoms with E-state index in [0.29, 0.717) is 6.42 Å². The normalized spacial score (nSPS) is 24.3. The predicted molar refractivity (Wildman–Crippen MR) is 86.4 cm³/mol.